The first-order valence-corrected chi connectivity index (χ1v) is 9.31. The second-order valence-electron chi connectivity index (χ2n) is 7.18. The molecule has 0 N–H and O–H groups in total. The minimum atomic E-state index is -4.40. The third-order valence-corrected chi connectivity index (χ3v) is 5.26. The van der Waals surface area contributed by atoms with Crippen LogP contribution in [0.1, 0.15) is 23.7 Å². The SMILES string of the molecule is CN1CCN(C(=O)CCN2CCO[C@H](c3ccccc3C(F)(F)F)C2)CC1. The van der Waals surface area contributed by atoms with Gasteiger partial charge < -0.3 is 14.5 Å². The molecule has 2 aliphatic heterocycles. The fourth-order valence-electron chi connectivity index (χ4n) is 3.60. The first-order valence-electron chi connectivity index (χ1n) is 9.31. The molecule has 2 aliphatic rings. The van der Waals surface area contributed by atoms with Crippen LogP contribution in [0.25, 0.3) is 0 Å². The van der Waals surface area contributed by atoms with Crippen LogP contribution in [-0.2, 0) is 15.7 Å². The van der Waals surface area contributed by atoms with Crippen LogP contribution in [0.4, 0.5) is 13.2 Å². The average molecular weight is 385 g/mol. The van der Waals surface area contributed by atoms with Gasteiger partial charge in [-0.15, -0.1) is 0 Å². The van der Waals surface area contributed by atoms with Gasteiger partial charge >= 0.3 is 6.18 Å². The van der Waals surface area contributed by atoms with Gasteiger partial charge in [-0.2, -0.15) is 13.2 Å². The van der Waals surface area contributed by atoms with Crippen molar-refractivity contribution < 1.29 is 22.7 Å². The molecule has 1 aromatic carbocycles. The maximum atomic E-state index is 13.3. The van der Waals surface area contributed by atoms with Crippen LogP contribution >= 0.6 is 0 Å². The number of carbonyl (C=O) groups is 1. The lowest BCUT2D eigenvalue weighted by Crippen LogP contribution is -2.48. The molecule has 1 aromatic rings. The van der Waals surface area contributed by atoms with Crippen molar-refractivity contribution in [3.63, 3.8) is 0 Å². The Balaban J connectivity index is 1.57. The van der Waals surface area contributed by atoms with Crippen molar-refractivity contribution in [2.24, 2.45) is 0 Å². The van der Waals surface area contributed by atoms with Crippen molar-refractivity contribution in [1.82, 2.24) is 14.7 Å². The number of alkyl halides is 3. The van der Waals surface area contributed by atoms with E-state index >= 15 is 0 Å². The van der Waals surface area contributed by atoms with Gasteiger partial charge in [0.05, 0.1) is 18.3 Å². The number of carbonyl (C=O) groups excluding carboxylic acids is 1. The predicted octanol–water partition coefficient (Wildman–Crippen LogP) is 2.24. The van der Waals surface area contributed by atoms with E-state index < -0.39 is 17.8 Å². The molecule has 0 aromatic heterocycles. The Morgan fingerprint density at radius 2 is 1.85 bits per heavy atom. The number of ether oxygens (including phenoxy) is 1. The number of morpholine rings is 1. The van der Waals surface area contributed by atoms with Gasteiger partial charge in [0, 0.05) is 52.2 Å². The molecule has 0 radical (unpaired) electrons. The fraction of sp³-hybridized carbons (Fsp3) is 0.632. The van der Waals surface area contributed by atoms with Crippen LogP contribution in [-0.4, -0.2) is 80.1 Å². The molecule has 2 fully saturated rings. The molecule has 150 valence electrons. The largest absolute Gasteiger partial charge is 0.416 e. The van der Waals surface area contributed by atoms with E-state index in [4.69, 9.17) is 4.74 Å². The van der Waals surface area contributed by atoms with Gasteiger partial charge in [-0.05, 0) is 18.7 Å². The Hall–Kier alpha value is -1.64. The highest BCUT2D eigenvalue weighted by Gasteiger charge is 2.36. The van der Waals surface area contributed by atoms with Gasteiger partial charge in [0.25, 0.3) is 0 Å². The van der Waals surface area contributed by atoms with Gasteiger partial charge in [-0.3, -0.25) is 9.69 Å². The van der Waals surface area contributed by atoms with Crippen molar-refractivity contribution in [1.29, 1.82) is 0 Å². The zero-order valence-electron chi connectivity index (χ0n) is 15.5. The highest BCUT2D eigenvalue weighted by Crippen LogP contribution is 2.36. The van der Waals surface area contributed by atoms with Gasteiger partial charge in [0.15, 0.2) is 0 Å². The van der Waals surface area contributed by atoms with E-state index in [0.717, 1.165) is 32.2 Å². The third kappa shape index (κ3) is 5.21. The van der Waals surface area contributed by atoms with E-state index in [1.54, 1.807) is 6.07 Å². The first kappa shape index (κ1) is 20.1. The van der Waals surface area contributed by atoms with Crippen LogP contribution in [0.15, 0.2) is 24.3 Å². The molecule has 8 heteroatoms. The van der Waals surface area contributed by atoms with E-state index in [9.17, 15) is 18.0 Å². The lowest BCUT2D eigenvalue weighted by molar-refractivity contribution is -0.140. The Kier molecular flexibility index (Phi) is 6.39. The summed E-state index contributed by atoms with van der Waals surface area (Å²) in [5.74, 6) is 0.113. The average Bonchev–Trinajstić information content (AvgIpc) is 2.66. The van der Waals surface area contributed by atoms with Crippen molar-refractivity contribution >= 4 is 5.91 Å². The summed E-state index contributed by atoms with van der Waals surface area (Å²) in [6, 6.07) is 5.56. The van der Waals surface area contributed by atoms with E-state index in [2.05, 4.69) is 4.90 Å². The summed E-state index contributed by atoms with van der Waals surface area (Å²) >= 11 is 0. The lowest BCUT2D eigenvalue weighted by atomic mass is 10.0. The Morgan fingerprint density at radius 1 is 1.15 bits per heavy atom. The van der Waals surface area contributed by atoms with Crippen LogP contribution in [0.2, 0.25) is 0 Å². The molecular weight excluding hydrogens is 359 g/mol. The molecule has 27 heavy (non-hydrogen) atoms. The number of halogens is 3. The maximum Gasteiger partial charge on any atom is 0.416 e. The summed E-state index contributed by atoms with van der Waals surface area (Å²) in [5.41, 5.74) is -0.481. The van der Waals surface area contributed by atoms with E-state index in [-0.39, 0.29) is 11.5 Å². The van der Waals surface area contributed by atoms with Gasteiger partial charge in [0.1, 0.15) is 0 Å². The summed E-state index contributed by atoms with van der Waals surface area (Å²) in [6.07, 6.45) is -4.65. The minimum Gasteiger partial charge on any atom is -0.371 e. The van der Waals surface area contributed by atoms with Crippen molar-refractivity contribution in [3.05, 3.63) is 35.4 Å². The van der Waals surface area contributed by atoms with Gasteiger partial charge in [-0.1, -0.05) is 18.2 Å². The Morgan fingerprint density at radius 3 is 2.56 bits per heavy atom. The zero-order chi connectivity index (χ0) is 19.4. The summed E-state index contributed by atoms with van der Waals surface area (Å²) in [4.78, 5) is 18.5. The molecule has 1 atom stereocenters. The number of hydrogen-bond acceptors (Lipinski definition) is 4. The topological polar surface area (TPSA) is 36.0 Å². The quantitative estimate of drug-likeness (QED) is 0.797. The Bertz CT molecular complexity index is 645. The number of piperazine rings is 1. The van der Waals surface area contributed by atoms with Crippen LogP contribution in [0, 0.1) is 0 Å². The summed E-state index contributed by atoms with van der Waals surface area (Å²) in [6.45, 7) is 5.11. The molecule has 0 aliphatic carbocycles. The van der Waals surface area contributed by atoms with Gasteiger partial charge in [-0.25, -0.2) is 0 Å². The second-order valence-corrected chi connectivity index (χ2v) is 7.18. The van der Waals surface area contributed by atoms with E-state index in [1.807, 2.05) is 16.8 Å². The fourth-order valence-corrected chi connectivity index (χ4v) is 3.60. The summed E-state index contributed by atoms with van der Waals surface area (Å²) in [5, 5.41) is 0. The van der Waals surface area contributed by atoms with Crippen molar-refractivity contribution in [2.75, 3.05) is 59.5 Å². The number of hydrogen-bond donors (Lipinski definition) is 0. The molecule has 1 amide bonds. The number of nitrogens with zero attached hydrogens (tertiary/aromatic N) is 3. The van der Waals surface area contributed by atoms with Gasteiger partial charge in [0.2, 0.25) is 5.91 Å². The van der Waals surface area contributed by atoms with Crippen LogP contribution in [0.5, 0.6) is 0 Å². The zero-order valence-corrected chi connectivity index (χ0v) is 15.5. The number of amides is 1. The molecule has 0 bridgehead atoms. The van der Waals surface area contributed by atoms with E-state index in [1.165, 1.54) is 12.1 Å². The van der Waals surface area contributed by atoms with Crippen LogP contribution < -0.4 is 0 Å². The third-order valence-electron chi connectivity index (χ3n) is 5.26. The smallest absolute Gasteiger partial charge is 0.371 e. The summed E-state index contributed by atoms with van der Waals surface area (Å²) in [7, 11) is 2.04. The maximum absolute atomic E-state index is 13.3. The number of rotatable bonds is 4. The lowest BCUT2D eigenvalue weighted by Gasteiger charge is -2.35. The van der Waals surface area contributed by atoms with Crippen molar-refractivity contribution in [2.45, 2.75) is 18.7 Å². The molecule has 5 nitrogen and oxygen atoms in total. The highest BCUT2D eigenvalue weighted by molar-refractivity contribution is 5.76. The molecule has 2 saturated heterocycles. The molecule has 0 saturated carbocycles. The Labute approximate surface area is 157 Å². The molecule has 2 heterocycles. The van der Waals surface area contributed by atoms with E-state index in [0.29, 0.717) is 32.7 Å². The molecule has 0 spiro atoms. The standard InChI is InChI=1S/C19H26F3N3O2/c1-23-8-10-25(11-9-23)18(26)6-7-24-12-13-27-17(14-24)15-4-2-3-5-16(15)19(20,21)22/h2-5,17H,6-14H2,1H3/t17-/m0/s1. The molecule has 0 unspecified atom stereocenters. The number of likely N-dealkylation sites (N-methyl/N-ethyl adjacent to an activating group) is 1. The minimum absolute atomic E-state index is 0.113. The molecule has 3 rings (SSSR count). The molecular formula is C19H26F3N3O2. The monoisotopic (exact) mass is 385 g/mol. The first-order chi connectivity index (χ1) is 12.8. The highest BCUT2D eigenvalue weighted by atomic mass is 19.4. The number of benzene rings is 1. The second kappa shape index (κ2) is 8.58. The van der Waals surface area contributed by atoms with Crippen LogP contribution in [0.3, 0.4) is 0 Å². The normalized spacial score (nSPS) is 22.8. The summed E-state index contributed by atoms with van der Waals surface area (Å²) < 4.78 is 45.4. The van der Waals surface area contributed by atoms with Crippen molar-refractivity contribution in [3.8, 4) is 0 Å². The predicted molar refractivity (Wildman–Crippen MR) is 95.3 cm³/mol.